The van der Waals surface area contributed by atoms with Crippen LogP contribution < -0.4 is 10.9 Å². The highest BCUT2D eigenvalue weighted by molar-refractivity contribution is 7.17. The molecule has 5 nitrogen and oxygen atoms in total. The number of anilines is 1. The topological polar surface area (TPSA) is 70.7 Å². The van der Waals surface area contributed by atoms with Crippen molar-refractivity contribution >= 4 is 27.2 Å². The molecule has 1 aliphatic carbocycles. The van der Waals surface area contributed by atoms with Crippen LogP contribution in [0.1, 0.15) is 23.4 Å². The lowest BCUT2D eigenvalue weighted by atomic mass is 10.1. The van der Waals surface area contributed by atoms with Gasteiger partial charge in [0.25, 0.3) is 5.56 Å². The van der Waals surface area contributed by atoms with Crippen LogP contribution in [0.2, 0.25) is 0 Å². The highest BCUT2D eigenvalue weighted by atomic mass is 32.1. The van der Waals surface area contributed by atoms with Crippen molar-refractivity contribution in [3.8, 4) is 17.2 Å². The maximum atomic E-state index is 13.3. The molecule has 2 aromatic heterocycles. The second kappa shape index (κ2) is 7.77. The summed E-state index contributed by atoms with van der Waals surface area (Å²) >= 11 is 1.47. The van der Waals surface area contributed by atoms with Crippen LogP contribution >= 0.6 is 11.3 Å². The Morgan fingerprint density at radius 2 is 1.97 bits per heavy atom. The van der Waals surface area contributed by atoms with E-state index in [2.05, 4.69) is 29.6 Å². The summed E-state index contributed by atoms with van der Waals surface area (Å²) in [6, 6.07) is 18.4. The Balaban J connectivity index is 1.53. The Hall–Kier alpha value is -3.43. The molecule has 0 aliphatic heterocycles. The number of aryl methyl sites for hydroxylation is 2. The van der Waals surface area contributed by atoms with Gasteiger partial charge in [-0.25, -0.2) is 4.98 Å². The summed E-state index contributed by atoms with van der Waals surface area (Å²) < 4.78 is 1.49. The van der Waals surface area contributed by atoms with E-state index in [1.165, 1.54) is 33.5 Å². The van der Waals surface area contributed by atoms with Gasteiger partial charge in [0, 0.05) is 16.6 Å². The predicted octanol–water partition coefficient (Wildman–Crippen LogP) is 4.75. The third kappa shape index (κ3) is 3.27. The van der Waals surface area contributed by atoms with Crippen LogP contribution in [0.5, 0.6) is 0 Å². The standard InChI is InChI=1S/C24H20N4OS/c25-11-12-28-21(14-26-19-10-9-16-7-4-8-18(16)13-19)27-23-22(24(28)29)20(15-30-23)17-5-2-1-3-6-17/h1-3,5-6,9-10,13,15,26H,4,7-8,12,14H2. The first-order chi connectivity index (χ1) is 14.7. The summed E-state index contributed by atoms with van der Waals surface area (Å²) in [7, 11) is 0. The summed E-state index contributed by atoms with van der Waals surface area (Å²) in [4.78, 5) is 18.8. The molecule has 0 spiro atoms. The maximum Gasteiger partial charge on any atom is 0.263 e. The molecule has 148 valence electrons. The molecule has 1 N–H and O–H groups in total. The van der Waals surface area contributed by atoms with Gasteiger partial charge in [-0.3, -0.25) is 9.36 Å². The van der Waals surface area contributed by atoms with Gasteiger partial charge in [-0.15, -0.1) is 11.3 Å². The molecule has 0 fully saturated rings. The second-order valence-corrected chi connectivity index (χ2v) is 8.32. The van der Waals surface area contributed by atoms with E-state index < -0.39 is 0 Å². The van der Waals surface area contributed by atoms with E-state index in [1.807, 2.05) is 35.7 Å². The van der Waals surface area contributed by atoms with Gasteiger partial charge < -0.3 is 5.32 Å². The van der Waals surface area contributed by atoms with Gasteiger partial charge in [-0.2, -0.15) is 5.26 Å². The minimum atomic E-state index is -0.160. The molecule has 0 radical (unpaired) electrons. The van der Waals surface area contributed by atoms with Crippen molar-refractivity contribution in [2.45, 2.75) is 32.4 Å². The molecule has 1 aliphatic rings. The van der Waals surface area contributed by atoms with E-state index in [-0.39, 0.29) is 12.1 Å². The van der Waals surface area contributed by atoms with Crippen molar-refractivity contribution in [1.82, 2.24) is 9.55 Å². The number of benzene rings is 2. The Labute approximate surface area is 178 Å². The first kappa shape index (κ1) is 18.6. The van der Waals surface area contributed by atoms with E-state index >= 15 is 0 Å². The molecule has 30 heavy (non-hydrogen) atoms. The highest BCUT2D eigenvalue weighted by Crippen LogP contribution is 2.31. The number of hydrogen-bond acceptors (Lipinski definition) is 5. The minimum Gasteiger partial charge on any atom is -0.378 e. The van der Waals surface area contributed by atoms with E-state index in [4.69, 9.17) is 4.98 Å². The first-order valence-electron chi connectivity index (χ1n) is 10.0. The second-order valence-electron chi connectivity index (χ2n) is 7.46. The molecule has 0 atom stereocenters. The van der Waals surface area contributed by atoms with Gasteiger partial charge in [0.2, 0.25) is 0 Å². The van der Waals surface area contributed by atoms with Crippen LogP contribution in [0.25, 0.3) is 21.3 Å². The van der Waals surface area contributed by atoms with Gasteiger partial charge in [-0.1, -0.05) is 36.4 Å². The Morgan fingerprint density at radius 3 is 2.80 bits per heavy atom. The van der Waals surface area contributed by atoms with Gasteiger partial charge in [0.1, 0.15) is 17.2 Å². The summed E-state index contributed by atoms with van der Waals surface area (Å²) in [5.74, 6) is 0.580. The molecule has 0 saturated carbocycles. The summed E-state index contributed by atoms with van der Waals surface area (Å²) in [6.07, 6.45) is 3.48. The Kier molecular flexibility index (Phi) is 4.82. The number of rotatable bonds is 5. The number of nitrogens with one attached hydrogen (secondary N) is 1. The van der Waals surface area contributed by atoms with E-state index in [1.54, 1.807) is 0 Å². The van der Waals surface area contributed by atoms with E-state index in [0.29, 0.717) is 22.6 Å². The smallest absolute Gasteiger partial charge is 0.263 e. The summed E-state index contributed by atoms with van der Waals surface area (Å²) in [6.45, 7) is 0.372. The summed E-state index contributed by atoms with van der Waals surface area (Å²) in [5, 5.41) is 15.3. The van der Waals surface area contributed by atoms with Crippen molar-refractivity contribution < 1.29 is 0 Å². The number of fused-ring (bicyclic) bond motifs is 2. The highest BCUT2D eigenvalue weighted by Gasteiger charge is 2.17. The molecular formula is C24H20N4OS. The fourth-order valence-electron chi connectivity index (χ4n) is 4.13. The molecule has 0 unspecified atom stereocenters. The van der Waals surface area contributed by atoms with Gasteiger partial charge in [0.05, 0.1) is 18.0 Å². The van der Waals surface area contributed by atoms with Gasteiger partial charge in [-0.05, 0) is 48.1 Å². The van der Waals surface area contributed by atoms with Crippen LogP contribution in [0.4, 0.5) is 5.69 Å². The molecule has 5 rings (SSSR count). The lowest BCUT2D eigenvalue weighted by molar-refractivity contribution is 0.710. The molecule has 0 amide bonds. The van der Waals surface area contributed by atoms with Crippen LogP contribution in [-0.4, -0.2) is 9.55 Å². The largest absolute Gasteiger partial charge is 0.378 e. The van der Waals surface area contributed by atoms with E-state index in [9.17, 15) is 10.1 Å². The molecule has 0 saturated heterocycles. The Bertz CT molecular complexity index is 1330. The lowest BCUT2D eigenvalue weighted by Gasteiger charge is -2.12. The zero-order valence-electron chi connectivity index (χ0n) is 16.4. The molecule has 2 heterocycles. The lowest BCUT2D eigenvalue weighted by Crippen LogP contribution is -2.26. The SMILES string of the molecule is N#CCn1c(CNc2ccc3c(c2)CCC3)nc2scc(-c3ccccc3)c2c1=O. The zero-order chi connectivity index (χ0) is 20.5. The van der Waals surface area contributed by atoms with E-state index in [0.717, 1.165) is 29.7 Å². The van der Waals surface area contributed by atoms with Gasteiger partial charge in [0.15, 0.2) is 0 Å². The van der Waals surface area contributed by atoms with Crippen molar-refractivity contribution in [2.75, 3.05) is 5.32 Å². The van der Waals surface area contributed by atoms with Crippen molar-refractivity contribution in [1.29, 1.82) is 5.26 Å². The zero-order valence-corrected chi connectivity index (χ0v) is 17.2. The molecule has 0 bridgehead atoms. The maximum absolute atomic E-state index is 13.3. The average molecular weight is 413 g/mol. The van der Waals surface area contributed by atoms with Crippen molar-refractivity contribution in [2.24, 2.45) is 0 Å². The quantitative estimate of drug-likeness (QED) is 0.514. The average Bonchev–Trinajstić information content (AvgIpc) is 3.42. The van der Waals surface area contributed by atoms with Crippen LogP contribution in [0.3, 0.4) is 0 Å². The summed E-state index contributed by atoms with van der Waals surface area (Å²) in [5.41, 5.74) is 5.53. The minimum absolute atomic E-state index is 0.0208. The van der Waals surface area contributed by atoms with Crippen LogP contribution in [0, 0.1) is 11.3 Å². The van der Waals surface area contributed by atoms with Crippen LogP contribution in [-0.2, 0) is 25.9 Å². The monoisotopic (exact) mass is 412 g/mol. The van der Waals surface area contributed by atoms with Crippen LogP contribution in [0.15, 0.2) is 58.7 Å². The first-order valence-corrected chi connectivity index (χ1v) is 10.9. The number of hydrogen-bond donors (Lipinski definition) is 1. The molecule has 4 aromatic rings. The normalized spacial score (nSPS) is 12.6. The number of aromatic nitrogens is 2. The molecule has 2 aromatic carbocycles. The van der Waals surface area contributed by atoms with Gasteiger partial charge >= 0.3 is 0 Å². The third-order valence-electron chi connectivity index (χ3n) is 5.64. The fraction of sp³-hybridized carbons (Fsp3) is 0.208. The number of nitrogens with zero attached hydrogens (tertiary/aromatic N) is 3. The molecular weight excluding hydrogens is 392 g/mol. The van der Waals surface area contributed by atoms with Crippen molar-refractivity contribution in [3.05, 3.63) is 81.2 Å². The third-order valence-corrected chi connectivity index (χ3v) is 6.51. The predicted molar refractivity (Wildman–Crippen MR) is 121 cm³/mol. The number of thiophene rings is 1. The fourth-order valence-corrected chi connectivity index (χ4v) is 5.08. The Morgan fingerprint density at radius 1 is 1.13 bits per heavy atom. The number of nitriles is 1. The van der Waals surface area contributed by atoms with Crippen molar-refractivity contribution in [3.63, 3.8) is 0 Å². The molecule has 6 heteroatoms.